The quantitative estimate of drug-likeness (QED) is 0.352. The van der Waals surface area contributed by atoms with E-state index in [-0.39, 0.29) is 16.7 Å². The number of hydrogen-bond acceptors (Lipinski definition) is 4. The molecule has 188 valence electrons. The molecule has 0 aliphatic carbocycles. The van der Waals surface area contributed by atoms with Crippen LogP contribution in [0.25, 0.3) is 10.2 Å². The molecule has 2 aromatic carbocycles. The summed E-state index contributed by atoms with van der Waals surface area (Å²) in [5, 5.41) is 0. The second-order valence-corrected chi connectivity index (χ2v) is 12.7. The molecule has 0 N–H and O–H groups in total. The normalized spacial score (nSPS) is 12.9. The minimum Gasteiger partial charge on any atom is -0.312 e. The summed E-state index contributed by atoms with van der Waals surface area (Å²) in [6.07, 6.45) is 1.79. The number of benzene rings is 2. The second kappa shape index (κ2) is 11.0. The van der Waals surface area contributed by atoms with Crippen LogP contribution in [0.5, 0.6) is 0 Å². The van der Waals surface area contributed by atoms with Crippen molar-refractivity contribution in [3.05, 3.63) is 70.5 Å². The topological polar surface area (TPSA) is 71.7 Å². The molecule has 0 saturated heterocycles. The van der Waals surface area contributed by atoms with Crippen LogP contribution in [0.3, 0.4) is 0 Å². The Hall–Kier alpha value is -2.55. The maximum Gasteiger partial charge on any atom is 0.279 e. The SMILES string of the molecule is C=CCn1c(=NC(=O)c2ccc(S(=O)(=O)N(CC(C)C)CC(C)C)cc2)sc2cc(C)cc(C)c21. The maximum atomic E-state index is 13.3. The molecule has 0 radical (unpaired) electrons. The number of sulfonamides is 1. The van der Waals surface area contributed by atoms with Crippen LogP contribution >= 0.6 is 11.3 Å². The third-order valence-corrected chi connectivity index (χ3v) is 8.37. The summed E-state index contributed by atoms with van der Waals surface area (Å²) in [6.45, 7) is 17.4. The fourth-order valence-electron chi connectivity index (χ4n) is 4.13. The molecule has 0 aliphatic rings. The molecule has 8 heteroatoms. The van der Waals surface area contributed by atoms with E-state index in [2.05, 4.69) is 23.7 Å². The van der Waals surface area contributed by atoms with E-state index in [1.54, 1.807) is 18.2 Å². The number of hydrogen-bond donors (Lipinski definition) is 0. The average Bonchev–Trinajstić information content (AvgIpc) is 3.09. The number of rotatable bonds is 9. The minimum absolute atomic E-state index is 0.185. The molecule has 1 aromatic heterocycles. The lowest BCUT2D eigenvalue weighted by molar-refractivity contribution is 0.0997. The molecule has 3 rings (SSSR count). The molecule has 0 saturated carbocycles. The molecule has 6 nitrogen and oxygen atoms in total. The second-order valence-electron chi connectivity index (χ2n) is 9.76. The molecule has 0 atom stereocenters. The highest BCUT2D eigenvalue weighted by molar-refractivity contribution is 7.89. The van der Waals surface area contributed by atoms with Gasteiger partial charge in [0.25, 0.3) is 5.91 Å². The van der Waals surface area contributed by atoms with Crippen molar-refractivity contribution in [1.29, 1.82) is 0 Å². The van der Waals surface area contributed by atoms with Gasteiger partial charge in [0, 0.05) is 25.2 Å². The van der Waals surface area contributed by atoms with E-state index in [9.17, 15) is 13.2 Å². The summed E-state index contributed by atoms with van der Waals surface area (Å²) in [7, 11) is -3.65. The third-order valence-electron chi connectivity index (χ3n) is 5.50. The standard InChI is InChI=1S/C27H35N3O3S2/c1-8-13-30-25-21(7)14-20(6)15-24(25)34-27(30)28-26(31)22-9-11-23(12-10-22)35(32,33)29(16-18(2)3)17-19(4)5/h8-12,14-15,18-19H,1,13,16-17H2,2-7H3. The van der Waals surface area contributed by atoms with Crippen molar-refractivity contribution < 1.29 is 13.2 Å². The summed E-state index contributed by atoms with van der Waals surface area (Å²) >= 11 is 1.46. The zero-order valence-electron chi connectivity index (χ0n) is 21.4. The van der Waals surface area contributed by atoms with Crippen LogP contribution in [0.15, 0.2) is 58.9 Å². The van der Waals surface area contributed by atoms with E-state index in [0.29, 0.717) is 30.0 Å². The van der Waals surface area contributed by atoms with Gasteiger partial charge < -0.3 is 4.57 Å². The largest absolute Gasteiger partial charge is 0.312 e. The first-order chi connectivity index (χ1) is 16.4. The summed E-state index contributed by atoms with van der Waals surface area (Å²) in [6, 6.07) is 10.3. The summed E-state index contributed by atoms with van der Waals surface area (Å²) < 4.78 is 31.1. The van der Waals surface area contributed by atoms with Gasteiger partial charge in [-0.05, 0) is 67.1 Å². The Morgan fingerprint density at radius 3 is 2.23 bits per heavy atom. The van der Waals surface area contributed by atoms with Gasteiger partial charge in [0.1, 0.15) is 0 Å². The van der Waals surface area contributed by atoms with Gasteiger partial charge >= 0.3 is 0 Å². The summed E-state index contributed by atoms with van der Waals surface area (Å²) in [5.41, 5.74) is 3.66. The van der Waals surface area contributed by atoms with Gasteiger partial charge in [0.05, 0.1) is 15.1 Å². The van der Waals surface area contributed by atoms with Gasteiger partial charge in [0.2, 0.25) is 10.0 Å². The summed E-state index contributed by atoms with van der Waals surface area (Å²) in [5.74, 6) is 0.00671. The molecule has 0 aliphatic heterocycles. The van der Waals surface area contributed by atoms with Crippen LogP contribution in [0.1, 0.15) is 49.2 Å². The van der Waals surface area contributed by atoms with E-state index < -0.39 is 15.9 Å². The lowest BCUT2D eigenvalue weighted by atomic mass is 10.1. The van der Waals surface area contributed by atoms with Gasteiger partial charge in [-0.25, -0.2) is 8.42 Å². The van der Waals surface area contributed by atoms with Crippen molar-refractivity contribution in [3.63, 3.8) is 0 Å². The number of carbonyl (C=O) groups is 1. The highest BCUT2D eigenvalue weighted by Gasteiger charge is 2.26. The molecule has 0 unspecified atom stereocenters. The van der Waals surface area contributed by atoms with Crippen LogP contribution in [-0.2, 0) is 16.6 Å². The van der Waals surface area contributed by atoms with Crippen LogP contribution in [0, 0.1) is 25.7 Å². The molecular formula is C27H35N3O3S2. The molecule has 0 bridgehead atoms. The van der Waals surface area contributed by atoms with Gasteiger partial charge in [-0.1, -0.05) is 51.2 Å². The monoisotopic (exact) mass is 513 g/mol. The van der Waals surface area contributed by atoms with Crippen LogP contribution < -0.4 is 4.80 Å². The molecule has 1 heterocycles. The Kier molecular flexibility index (Phi) is 8.51. The first-order valence-electron chi connectivity index (χ1n) is 11.8. The van der Waals surface area contributed by atoms with Crippen molar-refractivity contribution in [2.24, 2.45) is 16.8 Å². The van der Waals surface area contributed by atoms with Crippen molar-refractivity contribution in [1.82, 2.24) is 8.87 Å². The number of fused-ring (bicyclic) bond motifs is 1. The van der Waals surface area contributed by atoms with E-state index in [1.807, 2.05) is 46.1 Å². The first-order valence-corrected chi connectivity index (χ1v) is 14.1. The lowest BCUT2D eigenvalue weighted by Crippen LogP contribution is -2.37. The van der Waals surface area contributed by atoms with Crippen LogP contribution in [0.4, 0.5) is 0 Å². The van der Waals surface area contributed by atoms with Gasteiger partial charge in [-0.15, -0.1) is 6.58 Å². The predicted octanol–water partition coefficient (Wildman–Crippen LogP) is 5.55. The average molecular weight is 514 g/mol. The number of thiazole rings is 1. The molecule has 1 amide bonds. The molecule has 0 spiro atoms. The Balaban J connectivity index is 1.98. The van der Waals surface area contributed by atoms with E-state index in [1.165, 1.54) is 27.8 Å². The van der Waals surface area contributed by atoms with Gasteiger partial charge in [-0.2, -0.15) is 9.30 Å². The Morgan fingerprint density at radius 1 is 1.09 bits per heavy atom. The fraction of sp³-hybridized carbons (Fsp3) is 0.407. The molecule has 35 heavy (non-hydrogen) atoms. The van der Waals surface area contributed by atoms with Crippen molar-refractivity contribution in [2.45, 2.75) is 53.0 Å². The van der Waals surface area contributed by atoms with E-state index in [0.717, 1.165) is 21.3 Å². The van der Waals surface area contributed by atoms with Crippen molar-refractivity contribution in [3.8, 4) is 0 Å². The number of nitrogens with zero attached hydrogens (tertiary/aromatic N) is 3. The summed E-state index contributed by atoms with van der Waals surface area (Å²) in [4.78, 5) is 18.2. The minimum atomic E-state index is -3.65. The smallest absolute Gasteiger partial charge is 0.279 e. The fourth-order valence-corrected chi connectivity index (χ4v) is 7.11. The molecular weight excluding hydrogens is 478 g/mol. The van der Waals surface area contributed by atoms with Gasteiger partial charge in [0.15, 0.2) is 4.80 Å². The third kappa shape index (κ3) is 6.18. The van der Waals surface area contributed by atoms with E-state index >= 15 is 0 Å². The molecule has 0 fully saturated rings. The van der Waals surface area contributed by atoms with Crippen molar-refractivity contribution >= 4 is 37.5 Å². The Labute approximate surface area is 212 Å². The lowest BCUT2D eigenvalue weighted by Gasteiger charge is -2.25. The van der Waals surface area contributed by atoms with Crippen molar-refractivity contribution in [2.75, 3.05) is 13.1 Å². The highest BCUT2D eigenvalue weighted by atomic mass is 32.2. The zero-order valence-corrected chi connectivity index (χ0v) is 23.0. The van der Waals surface area contributed by atoms with E-state index in [4.69, 9.17) is 0 Å². The predicted molar refractivity (Wildman–Crippen MR) is 144 cm³/mol. The van der Waals surface area contributed by atoms with Crippen LogP contribution in [0.2, 0.25) is 0 Å². The van der Waals surface area contributed by atoms with Crippen LogP contribution in [-0.4, -0.2) is 36.3 Å². The first kappa shape index (κ1) is 27.0. The zero-order chi connectivity index (χ0) is 25.9. The maximum absolute atomic E-state index is 13.3. The highest BCUT2D eigenvalue weighted by Crippen LogP contribution is 2.24. The molecule has 3 aromatic rings. The Morgan fingerprint density at radius 2 is 1.69 bits per heavy atom. The number of amides is 1. The van der Waals surface area contributed by atoms with Gasteiger partial charge in [-0.3, -0.25) is 4.79 Å². The number of aryl methyl sites for hydroxylation is 2. The number of carbonyl (C=O) groups excluding carboxylic acids is 1. The number of aromatic nitrogens is 1. The Bertz CT molecular complexity index is 1390. The number of allylic oxidation sites excluding steroid dienone is 1.